The summed E-state index contributed by atoms with van der Waals surface area (Å²) in [6.45, 7) is 1.74. The van der Waals surface area contributed by atoms with Crippen LogP contribution in [0.5, 0.6) is 17.4 Å². The minimum Gasteiger partial charge on any atom is -0.490 e. The zero-order chi connectivity index (χ0) is 25.1. The molecule has 4 rings (SSSR count). The second-order valence-corrected chi connectivity index (χ2v) is 7.69. The molecule has 0 fully saturated rings. The molecular weight excluding hydrogens is 474 g/mol. The van der Waals surface area contributed by atoms with E-state index in [9.17, 15) is 14.9 Å². The number of nitrogens with two attached hydrogens (primary N) is 1. The maximum Gasteiger partial charge on any atom is 0.335 e. The van der Waals surface area contributed by atoms with E-state index in [-0.39, 0.29) is 52.6 Å². The molecule has 0 aliphatic carbocycles. The van der Waals surface area contributed by atoms with Crippen molar-refractivity contribution in [3.8, 4) is 35.2 Å². The van der Waals surface area contributed by atoms with E-state index in [1.807, 2.05) is 12.1 Å². The normalized spacial score (nSPS) is 14.3. The number of fused-ring (bicyclic) bond motifs is 1. The highest BCUT2D eigenvalue weighted by atomic mass is 35.5. The number of benzene rings is 2. The molecule has 0 spiro atoms. The third-order valence-electron chi connectivity index (χ3n) is 5.23. The van der Waals surface area contributed by atoms with Gasteiger partial charge in [-0.1, -0.05) is 29.8 Å². The molecule has 11 heteroatoms. The molecule has 1 atom stereocenters. The van der Waals surface area contributed by atoms with Gasteiger partial charge in [0, 0.05) is 0 Å². The summed E-state index contributed by atoms with van der Waals surface area (Å²) >= 11 is 6.45. The lowest BCUT2D eigenvalue weighted by atomic mass is 9.85. The third kappa shape index (κ3) is 4.19. The van der Waals surface area contributed by atoms with Gasteiger partial charge in [0.25, 0.3) is 5.56 Å². The van der Waals surface area contributed by atoms with Crippen LogP contribution in [-0.2, 0) is 0 Å². The monoisotopic (exact) mass is 491 g/mol. The molecule has 1 aliphatic rings. The third-order valence-corrected chi connectivity index (χ3v) is 5.51. The maximum atomic E-state index is 13.1. The predicted molar refractivity (Wildman–Crippen MR) is 126 cm³/mol. The van der Waals surface area contributed by atoms with Crippen molar-refractivity contribution in [3.63, 3.8) is 0 Å². The number of aromatic amines is 1. The molecule has 1 aromatic heterocycles. The zero-order valence-corrected chi connectivity index (χ0v) is 19.1. The first-order valence-corrected chi connectivity index (χ1v) is 10.8. The zero-order valence-electron chi connectivity index (χ0n) is 18.4. The first-order chi connectivity index (χ1) is 16.9. The van der Waals surface area contributed by atoms with Crippen LogP contribution in [0.3, 0.4) is 0 Å². The number of nitrogens with one attached hydrogen (secondary N) is 1. The fourth-order valence-corrected chi connectivity index (χ4v) is 4.13. The molecular formula is C24H18ClN5O5. The average molecular weight is 492 g/mol. The summed E-state index contributed by atoms with van der Waals surface area (Å²) in [6.07, 6.45) is 0. The SMILES string of the molecule is CCOc1cc(C2C(C#N)=C(N)Oc3c2c(=O)[nH]c(=O)n3-c2ccccc2)cc(Cl)c1OCC#N. The largest absolute Gasteiger partial charge is 0.490 e. The van der Waals surface area contributed by atoms with Crippen LogP contribution in [0.25, 0.3) is 5.69 Å². The molecule has 3 aromatic rings. The van der Waals surface area contributed by atoms with Crippen molar-refractivity contribution in [1.82, 2.24) is 9.55 Å². The van der Waals surface area contributed by atoms with E-state index in [1.54, 1.807) is 43.3 Å². The standard InChI is InChI=1S/C24H18ClN5O5/c1-2-33-17-11-13(10-16(25)20(17)34-9-8-26)18-15(12-27)21(28)35-23-19(18)22(31)29-24(32)30(23)14-6-4-3-5-7-14/h3-7,10-11,18H,2,9,28H2,1H3,(H,29,31,32). The number of nitriles is 2. The van der Waals surface area contributed by atoms with E-state index in [2.05, 4.69) is 4.98 Å². The van der Waals surface area contributed by atoms with Crippen LogP contribution in [0.2, 0.25) is 5.02 Å². The number of aromatic nitrogens is 2. The molecule has 0 amide bonds. The molecule has 10 nitrogen and oxygen atoms in total. The van der Waals surface area contributed by atoms with Crippen molar-refractivity contribution in [2.75, 3.05) is 13.2 Å². The highest BCUT2D eigenvalue weighted by Crippen LogP contribution is 2.45. The number of hydrogen-bond acceptors (Lipinski definition) is 8. The Morgan fingerprint density at radius 3 is 2.60 bits per heavy atom. The second kappa shape index (κ2) is 9.67. The van der Waals surface area contributed by atoms with Gasteiger partial charge in [0.15, 0.2) is 18.1 Å². The number of ether oxygens (including phenoxy) is 3. The maximum absolute atomic E-state index is 13.1. The summed E-state index contributed by atoms with van der Waals surface area (Å²) in [7, 11) is 0. The lowest BCUT2D eigenvalue weighted by Gasteiger charge is -2.28. The number of rotatable bonds is 6. The average Bonchev–Trinajstić information content (AvgIpc) is 2.83. The Kier molecular flexibility index (Phi) is 6.49. The number of para-hydroxylation sites is 1. The van der Waals surface area contributed by atoms with Gasteiger partial charge in [-0.3, -0.25) is 9.78 Å². The Hall–Kier alpha value is -4.67. The molecule has 1 unspecified atom stereocenters. The molecule has 0 bridgehead atoms. The molecule has 0 radical (unpaired) electrons. The Morgan fingerprint density at radius 2 is 1.94 bits per heavy atom. The van der Waals surface area contributed by atoms with Crippen molar-refractivity contribution in [2.45, 2.75) is 12.8 Å². The van der Waals surface area contributed by atoms with Crippen molar-refractivity contribution in [3.05, 3.63) is 90.9 Å². The van der Waals surface area contributed by atoms with Gasteiger partial charge in [-0.05, 0) is 36.8 Å². The lowest BCUT2D eigenvalue weighted by Crippen LogP contribution is -2.37. The fraction of sp³-hybridized carbons (Fsp3) is 0.167. The highest BCUT2D eigenvalue weighted by Gasteiger charge is 2.37. The van der Waals surface area contributed by atoms with Crippen LogP contribution < -0.4 is 31.2 Å². The number of H-pyrrole nitrogens is 1. The minimum absolute atomic E-state index is 0.0107. The molecule has 0 saturated carbocycles. The van der Waals surface area contributed by atoms with E-state index in [0.29, 0.717) is 11.3 Å². The van der Waals surface area contributed by atoms with E-state index in [1.165, 1.54) is 10.6 Å². The van der Waals surface area contributed by atoms with Crippen LogP contribution in [0.4, 0.5) is 0 Å². The Bertz CT molecular complexity index is 1530. The van der Waals surface area contributed by atoms with Gasteiger partial charge >= 0.3 is 5.69 Å². The predicted octanol–water partition coefficient (Wildman–Crippen LogP) is 2.70. The highest BCUT2D eigenvalue weighted by molar-refractivity contribution is 6.32. The smallest absolute Gasteiger partial charge is 0.335 e. The lowest BCUT2D eigenvalue weighted by molar-refractivity contribution is 0.298. The van der Waals surface area contributed by atoms with Crippen molar-refractivity contribution < 1.29 is 14.2 Å². The van der Waals surface area contributed by atoms with Gasteiger partial charge in [-0.15, -0.1) is 0 Å². The number of allylic oxidation sites excluding steroid dienone is 1. The summed E-state index contributed by atoms with van der Waals surface area (Å²) < 4.78 is 17.9. The Labute approximate surface area is 204 Å². The van der Waals surface area contributed by atoms with Gasteiger partial charge in [0.05, 0.1) is 28.8 Å². The summed E-state index contributed by atoms with van der Waals surface area (Å²) in [5, 5.41) is 18.9. The first-order valence-electron chi connectivity index (χ1n) is 10.4. The van der Waals surface area contributed by atoms with E-state index >= 15 is 0 Å². The van der Waals surface area contributed by atoms with Crippen LogP contribution in [0, 0.1) is 22.7 Å². The van der Waals surface area contributed by atoms with Crippen LogP contribution in [-0.4, -0.2) is 22.8 Å². The molecule has 2 heterocycles. The number of hydrogen-bond donors (Lipinski definition) is 2. The van der Waals surface area contributed by atoms with Crippen LogP contribution >= 0.6 is 11.6 Å². The Balaban J connectivity index is 2.02. The van der Waals surface area contributed by atoms with E-state index in [0.717, 1.165) is 0 Å². The van der Waals surface area contributed by atoms with Gasteiger partial charge in [0.2, 0.25) is 11.8 Å². The van der Waals surface area contributed by atoms with E-state index < -0.39 is 17.2 Å². The molecule has 176 valence electrons. The quantitative estimate of drug-likeness (QED) is 0.533. The second-order valence-electron chi connectivity index (χ2n) is 7.28. The molecule has 3 N–H and O–H groups in total. The fourth-order valence-electron chi connectivity index (χ4n) is 3.86. The van der Waals surface area contributed by atoms with E-state index in [4.69, 9.17) is 36.8 Å². The molecule has 35 heavy (non-hydrogen) atoms. The van der Waals surface area contributed by atoms with Crippen LogP contribution in [0.15, 0.2) is 63.5 Å². The van der Waals surface area contributed by atoms with Crippen molar-refractivity contribution in [1.29, 1.82) is 10.5 Å². The van der Waals surface area contributed by atoms with Gasteiger partial charge in [0.1, 0.15) is 17.7 Å². The molecule has 2 aromatic carbocycles. The van der Waals surface area contributed by atoms with Crippen molar-refractivity contribution >= 4 is 11.6 Å². The number of halogens is 1. The first kappa shape index (κ1) is 23.5. The van der Waals surface area contributed by atoms with Crippen molar-refractivity contribution in [2.24, 2.45) is 5.73 Å². The topological polar surface area (TPSA) is 156 Å². The number of nitrogens with zero attached hydrogens (tertiary/aromatic N) is 3. The van der Waals surface area contributed by atoms with Gasteiger partial charge < -0.3 is 19.9 Å². The minimum atomic E-state index is -1.04. The molecule has 1 aliphatic heterocycles. The summed E-state index contributed by atoms with van der Waals surface area (Å²) in [5.74, 6) is -1.07. The Morgan fingerprint density at radius 1 is 1.20 bits per heavy atom. The summed E-state index contributed by atoms with van der Waals surface area (Å²) in [5.41, 5.74) is 5.34. The van der Waals surface area contributed by atoms with Crippen LogP contribution in [0.1, 0.15) is 24.0 Å². The molecule has 0 saturated heterocycles. The summed E-state index contributed by atoms with van der Waals surface area (Å²) in [6, 6.07) is 15.4. The van der Waals surface area contributed by atoms with Gasteiger partial charge in [-0.2, -0.15) is 10.5 Å². The summed E-state index contributed by atoms with van der Waals surface area (Å²) in [4.78, 5) is 28.1. The van der Waals surface area contributed by atoms with Gasteiger partial charge in [-0.25, -0.2) is 9.36 Å².